The highest BCUT2D eigenvalue weighted by Gasteiger charge is 2.32. The molecule has 1 amide bonds. The molecule has 1 aliphatic heterocycles. The summed E-state index contributed by atoms with van der Waals surface area (Å²) in [4.78, 5) is 27.8. The molecule has 5 rings (SSSR count). The molecule has 0 aliphatic carbocycles. The van der Waals surface area contributed by atoms with E-state index in [1.807, 2.05) is 34.5 Å². The van der Waals surface area contributed by atoms with Crippen LogP contribution in [0.4, 0.5) is 0 Å². The number of fused-ring (bicyclic) bond motifs is 1. The Morgan fingerprint density at radius 1 is 1.17 bits per heavy atom. The Kier molecular flexibility index (Phi) is 4.64. The molecule has 1 saturated heterocycles. The fourth-order valence-electron chi connectivity index (χ4n) is 3.95. The van der Waals surface area contributed by atoms with Crippen molar-refractivity contribution in [2.75, 3.05) is 6.54 Å². The van der Waals surface area contributed by atoms with Gasteiger partial charge in [0.25, 0.3) is 0 Å². The number of para-hydroxylation sites is 2. The zero-order valence-electron chi connectivity index (χ0n) is 16.3. The van der Waals surface area contributed by atoms with Gasteiger partial charge in [0.2, 0.25) is 5.91 Å². The summed E-state index contributed by atoms with van der Waals surface area (Å²) < 4.78 is 0. The summed E-state index contributed by atoms with van der Waals surface area (Å²) in [6, 6.07) is 16.4. The first-order valence-corrected chi connectivity index (χ1v) is 10.8. The maximum Gasteiger partial charge on any atom is 0.229 e. The Bertz CT molecular complexity index is 1130. The number of nitrogens with one attached hydrogen (secondary N) is 1. The van der Waals surface area contributed by atoms with Crippen molar-refractivity contribution in [3.63, 3.8) is 0 Å². The first-order valence-electron chi connectivity index (χ1n) is 9.93. The Morgan fingerprint density at radius 3 is 2.83 bits per heavy atom. The lowest BCUT2D eigenvalue weighted by Gasteiger charge is -2.22. The summed E-state index contributed by atoms with van der Waals surface area (Å²) in [7, 11) is 0. The summed E-state index contributed by atoms with van der Waals surface area (Å²) in [5.74, 6) is 1.00. The van der Waals surface area contributed by atoms with E-state index in [1.165, 1.54) is 5.56 Å². The third-order valence-electron chi connectivity index (χ3n) is 5.48. The molecule has 0 bridgehead atoms. The van der Waals surface area contributed by atoms with Crippen LogP contribution in [0, 0.1) is 6.92 Å². The van der Waals surface area contributed by atoms with Crippen LogP contribution in [0.2, 0.25) is 0 Å². The Labute approximate surface area is 173 Å². The molecule has 1 atom stereocenters. The van der Waals surface area contributed by atoms with Crippen LogP contribution in [0.5, 0.6) is 0 Å². The topological polar surface area (TPSA) is 61.9 Å². The van der Waals surface area contributed by atoms with Crippen molar-refractivity contribution in [1.82, 2.24) is 19.9 Å². The van der Waals surface area contributed by atoms with Crippen molar-refractivity contribution >= 4 is 28.3 Å². The number of aromatic amines is 1. The first kappa shape index (κ1) is 18.1. The lowest BCUT2D eigenvalue weighted by molar-refractivity contribution is -0.131. The minimum atomic E-state index is 0.0186. The van der Waals surface area contributed by atoms with Gasteiger partial charge in [-0.2, -0.15) is 0 Å². The summed E-state index contributed by atoms with van der Waals surface area (Å²) in [6.07, 6.45) is 2.27. The molecule has 1 N–H and O–H groups in total. The lowest BCUT2D eigenvalue weighted by atomic mass is 10.1. The number of likely N-dealkylation sites (tertiary alicyclic amines) is 1. The molecule has 4 aromatic rings. The molecule has 5 nitrogen and oxygen atoms in total. The van der Waals surface area contributed by atoms with Gasteiger partial charge in [0.05, 0.1) is 29.2 Å². The van der Waals surface area contributed by atoms with Crippen molar-refractivity contribution in [3.05, 3.63) is 71.0 Å². The second kappa shape index (κ2) is 7.44. The molecule has 2 aromatic carbocycles. The number of hydrogen-bond donors (Lipinski definition) is 1. The molecule has 2 aromatic heterocycles. The second-order valence-corrected chi connectivity index (χ2v) is 8.43. The molecule has 3 heterocycles. The third kappa shape index (κ3) is 3.56. The summed E-state index contributed by atoms with van der Waals surface area (Å²) in [5, 5.41) is 2.96. The summed E-state index contributed by atoms with van der Waals surface area (Å²) in [6.45, 7) is 2.85. The Morgan fingerprint density at radius 2 is 2.00 bits per heavy atom. The van der Waals surface area contributed by atoms with E-state index < -0.39 is 0 Å². The van der Waals surface area contributed by atoms with Crippen molar-refractivity contribution in [2.45, 2.75) is 32.2 Å². The molecule has 0 radical (unpaired) electrons. The number of carbonyl (C=O) groups is 1. The van der Waals surface area contributed by atoms with E-state index in [2.05, 4.69) is 36.2 Å². The molecule has 146 valence electrons. The minimum Gasteiger partial charge on any atom is -0.340 e. The number of hydrogen-bond acceptors (Lipinski definition) is 4. The molecular formula is C23H22N4OS. The number of H-pyrrole nitrogens is 1. The number of aromatic nitrogens is 3. The van der Waals surface area contributed by atoms with Crippen LogP contribution in [-0.4, -0.2) is 32.3 Å². The fourth-order valence-corrected chi connectivity index (χ4v) is 4.78. The van der Waals surface area contributed by atoms with Gasteiger partial charge in [-0.25, -0.2) is 9.97 Å². The van der Waals surface area contributed by atoms with Crippen molar-refractivity contribution in [2.24, 2.45) is 0 Å². The van der Waals surface area contributed by atoms with Gasteiger partial charge in [0.15, 0.2) is 0 Å². The lowest BCUT2D eigenvalue weighted by Crippen LogP contribution is -2.32. The van der Waals surface area contributed by atoms with Gasteiger partial charge in [0, 0.05) is 17.5 Å². The van der Waals surface area contributed by atoms with E-state index in [1.54, 1.807) is 11.3 Å². The van der Waals surface area contributed by atoms with Gasteiger partial charge in [0.1, 0.15) is 10.8 Å². The molecule has 1 fully saturated rings. The van der Waals surface area contributed by atoms with Crippen LogP contribution in [0.1, 0.15) is 36.0 Å². The number of carbonyl (C=O) groups excluding carboxylic acids is 1. The maximum atomic E-state index is 13.1. The largest absolute Gasteiger partial charge is 0.340 e. The van der Waals surface area contributed by atoms with Crippen LogP contribution < -0.4 is 0 Å². The van der Waals surface area contributed by atoms with Gasteiger partial charge in [-0.15, -0.1) is 11.3 Å². The van der Waals surface area contributed by atoms with Crippen LogP contribution in [-0.2, 0) is 11.2 Å². The molecule has 0 saturated carbocycles. The quantitative estimate of drug-likeness (QED) is 0.528. The SMILES string of the molecule is Cc1ccc(-c2nc(CC(=O)N3CCCC3c3nc4ccccc4[nH]3)cs2)cc1. The number of rotatable bonds is 4. The number of imidazole rings is 1. The highest BCUT2D eigenvalue weighted by Crippen LogP contribution is 2.32. The summed E-state index contributed by atoms with van der Waals surface area (Å²) >= 11 is 1.59. The molecule has 0 spiro atoms. The number of benzene rings is 2. The Balaban J connectivity index is 1.33. The predicted molar refractivity (Wildman–Crippen MR) is 116 cm³/mol. The van der Waals surface area contributed by atoms with Gasteiger partial charge in [-0.05, 0) is 31.9 Å². The highest BCUT2D eigenvalue weighted by molar-refractivity contribution is 7.13. The standard InChI is InChI=1S/C23H22N4OS/c1-15-8-10-16(11-9-15)23-24-17(14-29-23)13-21(28)27-12-4-7-20(27)22-25-18-5-2-3-6-19(18)26-22/h2-3,5-6,8-11,14,20H,4,7,12-13H2,1H3,(H,25,26). The van der Waals surface area contributed by atoms with Gasteiger partial charge >= 0.3 is 0 Å². The zero-order chi connectivity index (χ0) is 19.8. The van der Waals surface area contributed by atoms with E-state index in [9.17, 15) is 4.79 Å². The van der Waals surface area contributed by atoms with E-state index >= 15 is 0 Å². The van der Waals surface area contributed by atoms with E-state index in [-0.39, 0.29) is 11.9 Å². The van der Waals surface area contributed by atoms with Crippen molar-refractivity contribution in [3.8, 4) is 10.6 Å². The Hall–Kier alpha value is -2.99. The minimum absolute atomic E-state index is 0.0186. The normalized spacial score (nSPS) is 16.6. The summed E-state index contributed by atoms with van der Waals surface area (Å²) in [5.41, 5.74) is 5.13. The first-order chi connectivity index (χ1) is 14.2. The average molecular weight is 403 g/mol. The average Bonchev–Trinajstić information content (AvgIpc) is 3.47. The third-order valence-corrected chi connectivity index (χ3v) is 6.42. The van der Waals surface area contributed by atoms with Crippen molar-refractivity contribution in [1.29, 1.82) is 0 Å². The van der Waals surface area contributed by atoms with Gasteiger partial charge in [-0.3, -0.25) is 4.79 Å². The maximum absolute atomic E-state index is 13.1. The van der Waals surface area contributed by atoms with E-state index in [4.69, 9.17) is 9.97 Å². The molecule has 1 aliphatic rings. The van der Waals surface area contributed by atoms with Crippen LogP contribution in [0.3, 0.4) is 0 Å². The molecule has 6 heteroatoms. The van der Waals surface area contributed by atoms with E-state index in [0.29, 0.717) is 6.42 Å². The second-order valence-electron chi connectivity index (χ2n) is 7.57. The van der Waals surface area contributed by atoms with Crippen molar-refractivity contribution < 1.29 is 4.79 Å². The predicted octanol–water partition coefficient (Wildman–Crippen LogP) is 4.90. The van der Waals surface area contributed by atoms with Gasteiger partial charge in [-0.1, -0.05) is 42.0 Å². The fraction of sp³-hybridized carbons (Fsp3) is 0.261. The molecule has 1 unspecified atom stereocenters. The highest BCUT2D eigenvalue weighted by atomic mass is 32.1. The number of amides is 1. The number of nitrogens with zero attached hydrogens (tertiary/aromatic N) is 3. The zero-order valence-corrected chi connectivity index (χ0v) is 17.1. The van der Waals surface area contributed by atoms with Crippen LogP contribution in [0.25, 0.3) is 21.6 Å². The van der Waals surface area contributed by atoms with E-state index in [0.717, 1.165) is 52.5 Å². The smallest absolute Gasteiger partial charge is 0.229 e. The monoisotopic (exact) mass is 402 g/mol. The van der Waals surface area contributed by atoms with Crippen LogP contribution in [0.15, 0.2) is 53.9 Å². The number of aryl methyl sites for hydroxylation is 1. The number of thiazole rings is 1. The molecule has 29 heavy (non-hydrogen) atoms. The van der Waals surface area contributed by atoms with Crippen LogP contribution >= 0.6 is 11.3 Å². The van der Waals surface area contributed by atoms with Gasteiger partial charge < -0.3 is 9.88 Å². The molecular weight excluding hydrogens is 380 g/mol.